The highest BCUT2D eigenvalue weighted by Gasteiger charge is 2.36. The van der Waals surface area contributed by atoms with Crippen LogP contribution in [0.4, 0.5) is 5.82 Å². The Hall–Kier alpha value is -2.93. The van der Waals surface area contributed by atoms with E-state index in [0.29, 0.717) is 33.7 Å². The highest BCUT2D eigenvalue weighted by molar-refractivity contribution is 6.32. The molecule has 3 aromatic rings. The van der Waals surface area contributed by atoms with E-state index in [1.165, 1.54) is 6.33 Å². The van der Waals surface area contributed by atoms with E-state index < -0.39 is 0 Å². The number of hydrogen-bond acceptors (Lipinski definition) is 8. The van der Waals surface area contributed by atoms with Crippen LogP contribution >= 0.6 is 11.6 Å². The number of ether oxygens (including phenoxy) is 2. The van der Waals surface area contributed by atoms with Gasteiger partial charge < -0.3 is 20.1 Å². The Labute approximate surface area is 203 Å². The molecule has 178 valence electrons. The Morgan fingerprint density at radius 2 is 2.18 bits per heavy atom. The molecule has 2 N–H and O–H groups in total. The minimum atomic E-state index is -0.253. The third kappa shape index (κ3) is 3.76. The fourth-order valence-corrected chi connectivity index (χ4v) is 5.54. The lowest BCUT2D eigenvalue weighted by molar-refractivity contribution is 0.111. The molecule has 2 saturated heterocycles. The van der Waals surface area contributed by atoms with Crippen molar-refractivity contribution >= 4 is 28.5 Å². The molecule has 2 aliphatic heterocycles. The van der Waals surface area contributed by atoms with E-state index >= 15 is 0 Å². The molecule has 0 saturated carbocycles. The Morgan fingerprint density at radius 3 is 2.85 bits per heavy atom. The largest absolute Gasteiger partial charge is 0.496 e. The smallest absolute Gasteiger partial charge is 0.164 e. The van der Waals surface area contributed by atoms with Crippen LogP contribution in [0.5, 0.6) is 5.75 Å². The highest BCUT2D eigenvalue weighted by Crippen LogP contribution is 2.44. The summed E-state index contributed by atoms with van der Waals surface area (Å²) in [5, 5.41) is 15.8. The van der Waals surface area contributed by atoms with Gasteiger partial charge in [-0.05, 0) is 32.3 Å². The summed E-state index contributed by atoms with van der Waals surface area (Å²) in [4.78, 5) is 10.9. The van der Waals surface area contributed by atoms with Gasteiger partial charge in [0, 0.05) is 43.3 Å². The number of methoxy groups -OCH3 is 1. The molecule has 4 heterocycles. The quantitative estimate of drug-likeness (QED) is 0.570. The van der Waals surface area contributed by atoms with Gasteiger partial charge in [0.2, 0.25) is 0 Å². The summed E-state index contributed by atoms with van der Waals surface area (Å²) in [6, 6.07) is 3.87. The summed E-state index contributed by atoms with van der Waals surface area (Å²) in [5.74, 6) is 1.84. The first-order chi connectivity index (χ1) is 16.4. The maximum Gasteiger partial charge on any atom is 0.164 e. The molecule has 2 aromatic heterocycles. The molecule has 2 aliphatic rings. The summed E-state index contributed by atoms with van der Waals surface area (Å²) in [6.45, 7) is 8.33. The molecule has 1 aromatic carbocycles. The molecule has 0 amide bonds. The third-order valence-corrected chi connectivity index (χ3v) is 7.33. The van der Waals surface area contributed by atoms with E-state index in [1.807, 2.05) is 24.6 Å². The molecule has 0 bridgehead atoms. The Bertz CT molecular complexity index is 1270. The molecule has 2 atom stereocenters. The number of hydrogen-bond donors (Lipinski definition) is 1. The predicted molar refractivity (Wildman–Crippen MR) is 129 cm³/mol. The minimum Gasteiger partial charge on any atom is -0.496 e. The zero-order valence-electron chi connectivity index (χ0n) is 19.6. The first-order valence-corrected chi connectivity index (χ1v) is 11.9. The van der Waals surface area contributed by atoms with E-state index in [2.05, 4.69) is 20.9 Å². The lowest BCUT2D eigenvalue weighted by Gasteiger charge is -2.42. The second kappa shape index (κ2) is 9.02. The van der Waals surface area contributed by atoms with Gasteiger partial charge in [-0.1, -0.05) is 11.6 Å². The second-order valence-electron chi connectivity index (χ2n) is 9.19. The molecule has 9 nitrogen and oxygen atoms in total. The van der Waals surface area contributed by atoms with Gasteiger partial charge in [0.05, 0.1) is 41.4 Å². The standard InChI is InChI=1S/C24H28ClN7O2/c1-13-20-23(27)28-12-29-24(20)32(30-13)14(2)17-6-19(25)18(7-26)21(22(17)33-3)16-9-31(10-16)8-15-4-5-34-11-15/h6,12,14-16H,4-5,8-11H2,1-3H3,(H2,27,28,29)/t14-,15?/m1/s1. The first kappa shape index (κ1) is 22.8. The van der Waals surface area contributed by atoms with Crippen LogP contribution in [0.15, 0.2) is 12.4 Å². The van der Waals surface area contributed by atoms with Crippen molar-refractivity contribution < 1.29 is 9.47 Å². The first-order valence-electron chi connectivity index (χ1n) is 11.5. The van der Waals surface area contributed by atoms with Gasteiger partial charge in [-0.25, -0.2) is 14.6 Å². The number of anilines is 1. The Morgan fingerprint density at radius 1 is 1.38 bits per heavy atom. The predicted octanol–water partition coefficient (Wildman–Crippen LogP) is 3.30. The second-order valence-corrected chi connectivity index (χ2v) is 9.60. The monoisotopic (exact) mass is 481 g/mol. The van der Waals surface area contributed by atoms with Crippen LogP contribution in [0.1, 0.15) is 47.7 Å². The van der Waals surface area contributed by atoms with Crippen LogP contribution in [0.2, 0.25) is 5.02 Å². The molecule has 0 radical (unpaired) electrons. The average Bonchev–Trinajstić information content (AvgIpc) is 3.43. The van der Waals surface area contributed by atoms with Crippen LogP contribution in [0.3, 0.4) is 0 Å². The number of nitrogens with zero attached hydrogens (tertiary/aromatic N) is 6. The van der Waals surface area contributed by atoms with Gasteiger partial charge in [-0.3, -0.25) is 0 Å². The Kier molecular flexibility index (Phi) is 6.06. The molecular weight excluding hydrogens is 454 g/mol. The van der Waals surface area contributed by atoms with Gasteiger partial charge in [-0.15, -0.1) is 0 Å². The lowest BCUT2D eigenvalue weighted by Crippen LogP contribution is -2.47. The number of benzene rings is 1. The van der Waals surface area contributed by atoms with Crippen molar-refractivity contribution in [3.63, 3.8) is 0 Å². The van der Waals surface area contributed by atoms with Gasteiger partial charge >= 0.3 is 0 Å². The number of nitriles is 1. The van der Waals surface area contributed by atoms with Gasteiger partial charge in [0.15, 0.2) is 5.65 Å². The summed E-state index contributed by atoms with van der Waals surface area (Å²) in [5.41, 5.74) is 9.70. The fourth-order valence-electron chi connectivity index (χ4n) is 5.28. The maximum atomic E-state index is 9.94. The molecule has 34 heavy (non-hydrogen) atoms. The molecule has 2 fully saturated rings. The van der Waals surface area contributed by atoms with Crippen molar-refractivity contribution in [3.8, 4) is 11.8 Å². The summed E-state index contributed by atoms with van der Waals surface area (Å²) in [7, 11) is 1.64. The van der Waals surface area contributed by atoms with Crippen molar-refractivity contribution in [2.45, 2.75) is 32.2 Å². The number of rotatable bonds is 6. The number of fused-ring (bicyclic) bond motifs is 1. The number of aromatic nitrogens is 4. The van der Waals surface area contributed by atoms with E-state index in [-0.39, 0.29) is 12.0 Å². The van der Waals surface area contributed by atoms with Gasteiger partial charge in [-0.2, -0.15) is 10.4 Å². The van der Waals surface area contributed by atoms with Crippen LogP contribution < -0.4 is 10.5 Å². The third-order valence-electron chi connectivity index (χ3n) is 7.03. The fraction of sp³-hybridized carbons (Fsp3) is 0.500. The van der Waals surface area contributed by atoms with E-state index in [9.17, 15) is 5.26 Å². The summed E-state index contributed by atoms with van der Waals surface area (Å²) < 4.78 is 13.3. The van der Waals surface area contributed by atoms with Gasteiger partial charge in [0.1, 0.15) is 24.0 Å². The molecular formula is C24H28ClN7O2. The molecule has 0 aliphatic carbocycles. The minimum absolute atomic E-state index is 0.172. The normalized spacial score (nSPS) is 19.8. The van der Waals surface area contributed by atoms with Crippen molar-refractivity contribution in [1.82, 2.24) is 24.6 Å². The van der Waals surface area contributed by atoms with Crippen LogP contribution in [0.25, 0.3) is 11.0 Å². The highest BCUT2D eigenvalue weighted by atomic mass is 35.5. The molecule has 1 unspecified atom stereocenters. The average molecular weight is 482 g/mol. The van der Waals surface area contributed by atoms with Crippen molar-refractivity contribution in [1.29, 1.82) is 5.26 Å². The number of nitrogen functional groups attached to an aromatic ring is 1. The zero-order valence-corrected chi connectivity index (χ0v) is 20.3. The lowest BCUT2D eigenvalue weighted by atomic mass is 9.84. The van der Waals surface area contributed by atoms with E-state index in [4.69, 9.17) is 31.9 Å². The van der Waals surface area contributed by atoms with E-state index in [0.717, 1.165) is 61.5 Å². The van der Waals surface area contributed by atoms with Crippen LogP contribution in [0, 0.1) is 24.2 Å². The van der Waals surface area contributed by atoms with Crippen molar-refractivity contribution in [2.75, 3.05) is 45.7 Å². The maximum absolute atomic E-state index is 9.94. The SMILES string of the molecule is COc1c([C@@H](C)n2nc(C)c3c(N)ncnc32)cc(Cl)c(C#N)c1C1CN(CC2CCOC2)C1. The number of nitrogens with two attached hydrogens (primary N) is 1. The Balaban J connectivity index is 1.52. The molecule has 0 spiro atoms. The van der Waals surface area contributed by atoms with Crippen molar-refractivity contribution in [2.24, 2.45) is 5.92 Å². The van der Waals surface area contributed by atoms with Crippen LogP contribution in [-0.2, 0) is 4.74 Å². The summed E-state index contributed by atoms with van der Waals surface area (Å²) >= 11 is 6.66. The summed E-state index contributed by atoms with van der Waals surface area (Å²) in [6.07, 6.45) is 2.55. The number of halogens is 1. The topological polar surface area (TPSA) is 115 Å². The number of likely N-dealkylation sites (tertiary alicyclic amines) is 1. The van der Waals surface area contributed by atoms with Gasteiger partial charge in [0.25, 0.3) is 0 Å². The molecule has 10 heteroatoms. The van der Waals surface area contributed by atoms with Crippen molar-refractivity contribution in [3.05, 3.63) is 39.8 Å². The molecule has 5 rings (SSSR count). The number of aryl methyl sites for hydroxylation is 1. The van der Waals surface area contributed by atoms with E-state index in [1.54, 1.807) is 7.11 Å². The zero-order chi connectivity index (χ0) is 24.0. The van der Waals surface area contributed by atoms with Crippen LogP contribution in [-0.4, -0.2) is 64.6 Å².